The first-order valence-corrected chi connectivity index (χ1v) is 9.52. The Bertz CT molecular complexity index is 593. The number of carbonyl (C=O) groups is 2. The zero-order chi connectivity index (χ0) is 19.2. The van der Waals surface area contributed by atoms with Gasteiger partial charge in [-0.3, -0.25) is 9.59 Å². The first kappa shape index (κ1) is 22.3. The highest BCUT2D eigenvalue weighted by molar-refractivity contribution is 9.11. The highest BCUT2D eigenvalue weighted by atomic mass is 79.9. The second kappa shape index (κ2) is 13.5. The first-order valence-electron chi connectivity index (χ1n) is 8.61. The number of hydrogen-bond acceptors (Lipinski definition) is 5. The summed E-state index contributed by atoms with van der Waals surface area (Å²) >= 11 is 3.13. The predicted molar refractivity (Wildman–Crippen MR) is 106 cm³/mol. The fraction of sp³-hybridized carbons (Fsp3) is 0.474. The van der Waals surface area contributed by atoms with Crippen molar-refractivity contribution in [3.63, 3.8) is 0 Å². The van der Waals surface area contributed by atoms with Crippen LogP contribution in [0.5, 0.6) is 5.75 Å². The minimum atomic E-state index is -0.248. The number of halogens is 1. The van der Waals surface area contributed by atoms with E-state index in [0.717, 1.165) is 13.0 Å². The van der Waals surface area contributed by atoms with Crippen LogP contribution in [0.3, 0.4) is 0 Å². The van der Waals surface area contributed by atoms with Gasteiger partial charge in [0.05, 0.1) is 6.10 Å². The molecule has 1 rings (SSSR count). The lowest BCUT2D eigenvalue weighted by Gasteiger charge is -2.14. The van der Waals surface area contributed by atoms with Crippen molar-refractivity contribution in [1.82, 2.24) is 10.6 Å². The molecule has 1 unspecified atom stereocenters. The fourth-order valence-corrected chi connectivity index (χ4v) is 2.26. The van der Waals surface area contributed by atoms with E-state index >= 15 is 0 Å². The molecule has 0 aliphatic carbocycles. The molecule has 0 bridgehead atoms. The maximum Gasteiger partial charge on any atom is 0.246 e. The summed E-state index contributed by atoms with van der Waals surface area (Å²) in [6.45, 7) is 3.37. The van der Waals surface area contributed by atoms with E-state index in [1.807, 2.05) is 14.0 Å². The molecule has 0 spiro atoms. The van der Waals surface area contributed by atoms with Crippen LogP contribution in [0.4, 0.5) is 0 Å². The Kier molecular flexibility index (Phi) is 11.6. The lowest BCUT2D eigenvalue weighted by Crippen LogP contribution is -2.30. The summed E-state index contributed by atoms with van der Waals surface area (Å²) in [6.07, 6.45) is 2.84. The summed E-state index contributed by atoms with van der Waals surface area (Å²) in [5, 5.41) is 5.72. The molecule has 7 heteroatoms. The van der Waals surface area contributed by atoms with Gasteiger partial charge in [0.25, 0.3) is 0 Å². The number of Topliss-reactive ketones (excluding diaryl/α,β-unsaturated/α-hetero) is 1. The van der Waals surface area contributed by atoms with Crippen LogP contribution in [-0.4, -0.2) is 51.1 Å². The Morgan fingerprint density at radius 2 is 2.15 bits per heavy atom. The molecule has 6 nitrogen and oxygen atoms in total. The molecule has 26 heavy (non-hydrogen) atoms. The number of rotatable bonds is 13. The molecular weight excluding hydrogens is 400 g/mol. The predicted octanol–water partition coefficient (Wildman–Crippen LogP) is 2.68. The van der Waals surface area contributed by atoms with Crippen LogP contribution in [0.15, 0.2) is 35.3 Å². The van der Waals surface area contributed by atoms with Gasteiger partial charge in [-0.15, -0.1) is 0 Å². The summed E-state index contributed by atoms with van der Waals surface area (Å²) in [4.78, 5) is 25.4. The maximum absolute atomic E-state index is 12.1. The van der Waals surface area contributed by atoms with E-state index in [0.29, 0.717) is 30.9 Å². The van der Waals surface area contributed by atoms with Gasteiger partial charge in [-0.25, -0.2) is 0 Å². The van der Waals surface area contributed by atoms with Gasteiger partial charge < -0.3 is 20.1 Å². The third kappa shape index (κ3) is 9.70. The maximum atomic E-state index is 12.1. The third-order valence-corrected chi connectivity index (χ3v) is 3.85. The molecule has 0 fully saturated rings. The molecule has 0 aliphatic rings. The monoisotopic (exact) mass is 426 g/mol. The van der Waals surface area contributed by atoms with Crippen LogP contribution in [0.1, 0.15) is 30.1 Å². The van der Waals surface area contributed by atoms with Crippen LogP contribution >= 0.6 is 15.9 Å². The minimum Gasteiger partial charge on any atom is -0.491 e. The van der Waals surface area contributed by atoms with Gasteiger partial charge in [0, 0.05) is 18.5 Å². The standard InChI is InChI=1S/C19H27BrN2O4/c1-15(25-14-19(24)22-11-5-9-20)13-26-17-7-3-6-16(12-17)18(23)8-4-10-21-2/h3,5-7,9,12,15,21H,4,8,10-11,13-14H2,1-2H3,(H,22,24)/b9-5+. The average molecular weight is 427 g/mol. The van der Waals surface area contributed by atoms with Crippen molar-refractivity contribution in [2.75, 3.05) is 33.4 Å². The molecule has 0 saturated carbocycles. The van der Waals surface area contributed by atoms with E-state index in [1.54, 1.807) is 35.3 Å². The average Bonchev–Trinajstić information content (AvgIpc) is 2.65. The molecule has 1 aromatic carbocycles. The fourth-order valence-electron chi connectivity index (χ4n) is 2.08. The molecule has 2 N–H and O–H groups in total. The Labute approximate surface area is 163 Å². The molecule has 0 radical (unpaired) electrons. The third-order valence-electron chi connectivity index (χ3n) is 3.48. The van der Waals surface area contributed by atoms with E-state index in [4.69, 9.17) is 9.47 Å². The number of carbonyl (C=O) groups excluding carboxylic acids is 2. The second-order valence-corrected chi connectivity index (χ2v) is 6.29. The van der Waals surface area contributed by atoms with Crippen LogP contribution < -0.4 is 15.4 Å². The van der Waals surface area contributed by atoms with E-state index in [9.17, 15) is 9.59 Å². The van der Waals surface area contributed by atoms with E-state index in [2.05, 4.69) is 26.6 Å². The van der Waals surface area contributed by atoms with Gasteiger partial charge >= 0.3 is 0 Å². The number of ether oxygens (including phenoxy) is 2. The van der Waals surface area contributed by atoms with Gasteiger partial charge in [0.1, 0.15) is 19.0 Å². The Morgan fingerprint density at radius 3 is 2.88 bits per heavy atom. The Morgan fingerprint density at radius 1 is 1.35 bits per heavy atom. The quantitative estimate of drug-likeness (QED) is 0.374. The summed E-state index contributed by atoms with van der Waals surface area (Å²) in [6, 6.07) is 7.14. The number of hydrogen-bond donors (Lipinski definition) is 2. The SMILES string of the molecule is CNCCCC(=O)c1cccc(OCC(C)OCC(=O)NC/C=C/Br)c1. The topological polar surface area (TPSA) is 76.7 Å². The van der Waals surface area contributed by atoms with E-state index in [-0.39, 0.29) is 24.4 Å². The molecule has 1 amide bonds. The molecule has 144 valence electrons. The molecule has 1 atom stereocenters. The van der Waals surface area contributed by atoms with Crippen molar-refractivity contribution in [1.29, 1.82) is 0 Å². The molecule has 0 heterocycles. The number of benzene rings is 1. The number of amides is 1. The summed E-state index contributed by atoms with van der Waals surface area (Å²) in [5.41, 5.74) is 0.645. The Hall–Kier alpha value is -1.70. The van der Waals surface area contributed by atoms with Gasteiger partial charge in [-0.1, -0.05) is 34.1 Å². The van der Waals surface area contributed by atoms with Crippen LogP contribution in [-0.2, 0) is 9.53 Å². The minimum absolute atomic E-state index is 0.0232. The number of nitrogens with one attached hydrogen (secondary N) is 2. The zero-order valence-electron chi connectivity index (χ0n) is 15.3. The van der Waals surface area contributed by atoms with Crippen LogP contribution in [0.2, 0.25) is 0 Å². The van der Waals surface area contributed by atoms with Gasteiger partial charge in [-0.05, 0) is 44.1 Å². The van der Waals surface area contributed by atoms with Gasteiger partial charge in [0.15, 0.2) is 5.78 Å². The lowest BCUT2D eigenvalue weighted by atomic mass is 10.1. The summed E-state index contributed by atoms with van der Waals surface area (Å²) in [7, 11) is 1.87. The molecule has 0 aromatic heterocycles. The molecule has 0 aliphatic heterocycles. The highest BCUT2D eigenvalue weighted by Crippen LogP contribution is 2.16. The van der Waals surface area contributed by atoms with Crippen molar-refractivity contribution in [2.24, 2.45) is 0 Å². The molecule has 1 aromatic rings. The van der Waals surface area contributed by atoms with Crippen molar-refractivity contribution >= 4 is 27.6 Å². The van der Waals surface area contributed by atoms with Crippen molar-refractivity contribution in [3.05, 3.63) is 40.9 Å². The van der Waals surface area contributed by atoms with E-state index < -0.39 is 0 Å². The van der Waals surface area contributed by atoms with Crippen LogP contribution in [0.25, 0.3) is 0 Å². The normalized spacial score (nSPS) is 12.1. The zero-order valence-corrected chi connectivity index (χ0v) is 16.9. The summed E-state index contributed by atoms with van der Waals surface area (Å²) < 4.78 is 11.1. The van der Waals surface area contributed by atoms with Crippen molar-refractivity contribution in [2.45, 2.75) is 25.9 Å². The lowest BCUT2D eigenvalue weighted by molar-refractivity contribution is -0.127. The van der Waals surface area contributed by atoms with E-state index in [1.165, 1.54) is 0 Å². The first-order chi connectivity index (χ1) is 12.6. The second-order valence-electron chi connectivity index (χ2n) is 5.76. The van der Waals surface area contributed by atoms with Gasteiger partial charge in [0.2, 0.25) is 5.91 Å². The smallest absolute Gasteiger partial charge is 0.246 e. The Balaban J connectivity index is 2.36. The van der Waals surface area contributed by atoms with Crippen molar-refractivity contribution < 1.29 is 19.1 Å². The summed E-state index contributed by atoms with van der Waals surface area (Å²) in [5.74, 6) is 0.535. The highest BCUT2D eigenvalue weighted by Gasteiger charge is 2.09. The van der Waals surface area contributed by atoms with Crippen LogP contribution in [0, 0.1) is 0 Å². The van der Waals surface area contributed by atoms with Gasteiger partial charge in [-0.2, -0.15) is 0 Å². The molecule has 0 saturated heterocycles. The largest absolute Gasteiger partial charge is 0.491 e. The number of ketones is 1. The molecular formula is C19H27BrN2O4. The van der Waals surface area contributed by atoms with Crippen molar-refractivity contribution in [3.8, 4) is 5.75 Å².